The summed E-state index contributed by atoms with van der Waals surface area (Å²) in [6.45, 7) is 1.89. The number of rotatable bonds is 3. The quantitative estimate of drug-likeness (QED) is 0.750. The molecule has 0 bridgehead atoms. The van der Waals surface area contributed by atoms with Crippen LogP contribution in [0.3, 0.4) is 0 Å². The van der Waals surface area contributed by atoms with Crippen LogP contribution in [0.2, 0.25) is 0 Å². The van der Waals surface area contributed by atoms with Crippen molar-refractivity contribution in [2.24, 2.45) is 0 Å². The molecular formula is C16H13IN2O2S. The van der Waals surface area contributed by atoms with Gasteiger partial charge in [0.15, 0.2) is 5.37 Å². The summed E-state index contributed by atoms with van der Waals surface area (Å²) in [5.74, 6) is -0.233. The number of aryl methyl sites for hydroxylation is 1. The molecule has 1 atom stereocenters. The highest BCUT2D eigenvalue weighted by atomic mass is 127. The lowest BCUT2D eigenvalue weighted by molar-refractivity contribution is -0.116. The molecule has 6 heteroatoms. The van der Waals surface area contributed by atoms with Gasteiger partial charge in [0.25, 0.3) is 11.1 Å². The fourth-order valence-corrected chi connectivity index (χ4v) is 3.49. The third kappa shape index (κ3) is 2.98. The predicted molar refractivity (Wildman–Crippen MR) is 98.2 cm³/mol. The molecule has 22 heavy (non-hydrogen) atoms. The van der Waals surface area contributed by atoms with Crippen LogP contribution in [0.4, 0.5) is 16.2 Å². The van der Waals surface area contributed by atoms with Crippen molar-refractivity contribution >= 4 is 56.9 Å². The highest BCUT2D eigenvalue weighted by Gasteiger charge is 2.41. The summed E-state index contributed by atoms with van der Waals surface area (Å²) >= 11 is 3.23. The maximum absolute atomic E-state index is 12.6. The van der Waals surface area contributed by atoms with Crippen molar-refractivity contribution in [1.29, 1.82) is 0 Å². The summed E-state index contributed by atoms with van der Waals surface area (Å²) in [5.41, 5.74) is 2.38. The molecule has 0 saturated carbocycles. The highest BCUT2D eigenvalue weighted by Crippen LogP contribution is 2.33. The largest absolute Gasteiger partial charge is 0.365 e. The van der Waals surface area contributed by atoms with Crippen LogP contribution in [0.25, 0.3) is 0 Å². The Morgan fingerprint density at radius 3 is 2.45 bits per heavy atom. The molecule has 1 unspecified atom stereocenters. The Morgan fingerprint density at radius 2 is 1.77 bits per heavy atom. The van der Waals surface area contributed by atoms with Gasteiger partial charge in [-0.15, -0.1) is 0 Å². The zero-order valence-corrected chi connectivity index (χ0v) is 14.7. The number of hydrogen-bond acceptors (Lipinski definition) is 4. The molecule has 2 aromatic rings. The number of hydrogen-bond donors (Lipinski definition) is 1. The van der Waals surface area contributed by atoms with Gasteiger partial charge in [0.1, 0.15) is 0 Å². The monoisotopic (exact) mass is 424 g/mol. The van der Waals surface area contributed by atoms with E-state index < -0.39 is 5.37 Å². The fourth-order valence-electron chi connectivity index (χ4n) is 2.23. The summed E-state index contributed by atoms with van der Waals surface area (Å²) in [6, 6.07) is 15.1. The van der Waals surface area contributed by atoms with Crippen molar-refractivity contribution < 1.29 is 9.59 Å². The molecule has 1 N–H and O–H groups in total. The smallest absolute Gasteiger partial charge is 0.295 e. The number of carbonyl (C=O) groups is 2. The number of nitrogens with one attached hydrogen (secondary N) is 1. The molecule has 1 saturated heterocycles. The number of thioether (sulfide) groups is 1. The van der Waals surface area contributed by atoms with Crippen LogP contribution in [0.15, 0.2) is 48.5 Å². The fraction of sp³-hybridized carbons (Fsp3) is 0.125. The van der Waals surface area contributed by atoms with E-state index in [4.69, 9.17) is 0 Å². The first-order valence-electron chi connectivity index (χ1n) is 6.68. The molecule has 1 aliphatic heterocycles. The van der Waals surface area contributed by atoms with Crippen LogP contribution in [0, 0.1) is 10.5 Å². The van der Waals surface area contributed by atoms with Crippen molar-refractivity contribution in [3.63, 3.8) is 0 Å². The minimum atomic E-state index is -0.591. The Bertz CT molecular complexity index is 733. The first-order valence-corrected chi connectivity index (χ1v) is 8.64. The maximum Gasteiger partial charge on any atom is 0.295 e. The summed E-state index contributed by atoms with van der Waals surface area (Å²) < 4.78 is 1.12. The first kappa shape index (κ1) is 15.4. The molecular weight excluding hydrogens is 411 g/mol. The van der Waals surface area contributed by atoms with E-state index in [2.05, 4.69) is 27.9 Å². The summed E-state index contributed by atoms with van der Waals surface area (Å²) in [6.07, 6.45) is 0. The summed E-state index contributed by atoms with van der Waals surface area (Å²) in [4.78, 5) is 26.0. The zero-order valence-electron chi connectivity index (χ0n) is 11.7. The van der Waals surface area contributed by atoms with Crippen molar-refractivity contribution in [3.05, 3.63) is 57.7 Å². The average Bonchev–Trinajstić information content (AvgIpc) is 2.77. The molecule has 0 aliphatic carbocycles. The van der Waals surface area contributed by atoms with E-state index in [0.29, 0.717) is 5.69 Å². The van der Waals surface area contributed by atoms with Crippen molar-refractivity contribution in [3.8, 4) is 0 Å². The molecule has 1 aliphatic rings. The van der Waals surface area contributed by atoms with Gasteiger partial charge in [0, 0.05) is 9.26 Å². The van der Waals surface area contributed by atoms with Gasteiger partial charge in [-0.2, -0.15) is 0 Å². The van der Waals surface area contributed by atoms with Gasteiger partial charge >= 0.3 is 0 Å². The van der Waals surface area contributed by atoms with Crippen molar-refractivity contribution in [1.82, 2.24) is 0 Å². The number of carbonyl (C=O) groups excluding carboxylic acids is 2. The van der Waals surface area contributed by atoms with E-state index in [1.165, 1.54) is 4.90 Å². The number of para-hydroxylation sites is 1. The van der Waals surface area contributed by atoms with Crippen LogP contribution in [-0.4, -0.2) is 16.5 Å². The third-order valence-corrected chi connectivity index (χ3v) is 5.00. The number of imide groups is 1. The van der Waals surface area contributed by atoms with Gasteiger partial charge in [0.05, 0.1) is 5.69 Å². The Hall–Kier alpha value is -1.54. The SMILES string of the molecule is Cc1ccccc1N1C(=O)SC(Nc2ccc(I)cc2)C1=O. The lowest BCUT2D eigenvalue weighted by atomic mass is 10.2. The molecule has 4 nitrogen and oxygen atoms in total. The second kappa shape index (κ2) is 6.29. The molecule has 1 heterocycles. The van der Waals surface area contributed by atoms with E-state index in [1.54, 1.807) is 6.07 Å². The number of halogens is 1. The molecule has 3 rings (SSSR count). The third-order valence-electron chi connectivity index (χ3n) is 3.34. The van der Waals surface area contributed by atoms with Crippen LogP contribution in [0.5, 0.6) is 0 Å². The van der Waals surface area contributed by atoms with E-state index in [1.807, 2.05) is 49.4 Å². The zero-order chi connectivity index (χ0) is 15.7. The lowest BCUT2D eigenvalue weighted by Crippen LogP contribution is -2.34. The van der Waals surface area contributed by atoms with Gasteiger partial charge < -0.3 is 5.32 Å². The van der Waals surface area contributed by atoms with Gasteiger partial charge in [-0.1, -0.05) is 18.2 Å². The molecule has 1 fully saturated rings. The second-order valence-corrected chi connectivity index (χ2v) is 7.18. The standard InChI is InChI=1S/C16H13IN2O2S/c1-10-4-2-3-5-13(10)19-15(20)14(22-16(19)21)18-12-8-6-11(17)7-9-12/h2-9,14,18H,1H3. The maximum atomic E-state index is 12.6. The van der Waals surface area contributed by atoms with E-state index >= 15 is 0 Å². The Labute approximate surface area is 146 Å². The lowest BCUT2D eigenvalue weighted by Gasteiger charge is -2.16. The summed E-state index contributed by atoms with van der Waals surface area (Å²) in [7, 11) is 0. The van der Waals surface area contributed by atoms with Crippen molar-refractivity contribution in [2.75, 3.05) is 10.2 Å². The highest BCUT2D eigenvalue weighted by molar-refractivity contribution is 14.1. The number of benzene rings is 2. The van der Waals surface area contributed by atoms with Crippen LogP contribution < -0.4 is 10.2 Å². The molecule has 0 radical (unpaired) electrons. The van der Waals surface area contributed by atoms with E-state index in [0.717, 1.165) is 26.6 Å². The van der Waals surface area contributed by atoms with E-state index in [-0.39, 0.29) is 11.1 Å². The first-order chi connectivity index (χ1) is 10.6. The molecule has 2 aromatic carbocycles. The molecule has 2 amide bonds. The Kier molecular flexibility index (Phi) is 4.39. The number of anilines is 2. The number of amides is 2. The van der Waals surface area contributed by atoms with Crippen LogP contribution >= 0.6 is 34.4 Å². The van der Waals surface area contributed by atoms with Crippen molar-refractivity contribution in [2.45, 2.75) is 12.3 Å². The molecule has 0 aromatic heterocycles. The normalized spacial score (nSPS) is 17.9. The minimum Gasteiger partial charge on any atom is -0.365 e. The Balaban J connectivity index is 1.82. The van der Waals surface area contributed by atoms with E-state index in [9.17, 15) is 9.59 Å². The minimum absolute atomic E-state index is 0.233. The van der Waals surface area contributed by atoms with Gasteiger partial charge in [-0.3, -0.25) is 9.59 Å². The average molecular weight is 424 g/mol. The van der Waals surface area contributed by atoms with Gasteiger partial charge in [-0.05, 0) is 77.2 Å². The van der Waals surface area contributed by atoms with Crippen LogP contribution in [0.1, 0.15) is 5.56 Å². The molecule has 112 valence electrons. The summed E-state index contributed by atoms with van der Waals surface area (Å²) in [5, 5.41) is 2.28. The predicted octanol–water partition coefficient (Wildman–Crippen LogP) is 4.24. The van der Waals surface area contributed by atoms with Gasteiger partial charge in [0.2, 0.25) is 0 Å². The number of nitrogens with zero attached hydrogens (tertiary/aromatic N) is 1. The van der Waals surface area contributed by atoms with Gasteiger partial charge in [-0.25, -0.2) is 4.90 Å². The second-order valence-electron chi connectivity index (χ2n) is 4.88. The topological polar surface area (TPSA) is 49.4 Å². The van der Waals surface area contributed by atoms with Crippen LogP contribution in [-0.2, 0) is 4.79 Å². The Morgan fingerprint density at radius 1 is 1.09 bits per heavy atom. The molecule has 0 spiro atoms.